The Morgan fingerprint density at radius 1 is 1.29 bits per heavy atom. The van der Waals surface area contributed by atoms with E-state index in [1.54, 1.807) is 13.1 Å². The van der Waals surface area contributed by atoms with Crippen molar-refractivity contribution in [2.75, 3.05) is 53.0 Å². The van der Waals surface area contributed by atoms with Crippen LogP contribution in [0.2, 0.25) is 0 Å². The molecule has 1 N–H and O–H groups in total. The molecule has 3 rings (SSSR count). The molecule has 0 bridgehead atoms. The van der Waals surface area contributed by atoms with Crippen LogP contribution in [0.5, 0.6) is 0 Å². The summed E-state index contributed by atoms with van der Waals surface area (Å²) in [7, 11) is -1.61. The molecular weight excluding hydrogens is 497 g/mol. The summed E-state index contributed by atoms with van der Waals surface area (Å²) >= 11 is 0. The zero-order valence-electron chi connectivity index (χ0n) is 16.2. The van der Waals surface area contributed by atoms with Crippen molar-refractivity contribution in [3.8, 4) is 0 Å². The second kappa shape index (κ2) is 11.3. The van der Waals surface area contributed by atoms with E-state index in [1.165, 1.54) is 10.6 Å². The van der Waals surface area contributed by atoms with E-state index < -0.39 is 10.0 Å². The highest BCUT2D eigenvalue weighted by Gasteiger charge is 2.29. The Kier molecular flexibility index (Phi) is 9.44. The molecule has 1 aromatic rings. The van der Waals surface area contributed by atoms with Crippen LogP contribution in [0.15, 0.2) is 21.8 Å². The predicted molar refractivity (Wildman–Crippen MR) is 117 cm³/mol. The number of aliphatic imine (C=N–C) groups is 1. The molecule has 9 nitrogen and oxygen atoms in total. The standard InChI is InChI=1S/C17H29N5O4S.HI/c1-18-17(19-6-2-15-3-11-25-12-4-15)21-7-9-22(10-8-21)27(23,24)14-16-5-13-26-20-16;/h5,13,15H,2-4,6-12,14H2,1H3,(H,18,19);1H. The monoisotopic (exact) mass is 527 g/mol. The Bertz CT molecular complexity index is 699. The minimum atomic E-state index is -3.38. The molecule has 2 fully saturated rings. The number of ether oxygens (including phenoxy) is 1. The van der Waals surface area contributed by atoms with Gasteiger partial charge >= 0.3 is 0 Å². The van der Waals surface area contributed by atoms with E-state index >= 15 is 0 Å². The number of piperazine rings is 1. The van der Waals surface area contributed by atoms with E-state index in [2.05, 4.69) is 20.4 Å². The molecule has 3 heterocycles. The summed E-state index contributed by atoms with van der Waals surface area (Å²) in [6.07, 6.45) is 4.75. The largest absolute Gasteiger partial charge is 0.381 e. The summed E-state index contributed by atoms with van der Waals surface area (Å²) < 4.78 is 36.7. The van der Waals surface area contributed by atoms with Gasteiger partial charge in [-0.3, -0.25) is 4.99 Å². The number of halogens is 1. The maximum atomic E-state index is 12.5. The molecule has 160 valence electrons. The molecule has 28 heavy (non-hydrogen) atoms. The van der Waals surface area contributed by atoms with E-state index in [9.17, 15) is 8.42 Å². The lowest BCUT2D eigenvalue weighted by Gasteiger charge is -2.36. The van der Waals surface area contributed by atoms with Crippen LogP contribution >= 0.6 is 24.0 Å². The van der Waals surface area contributed by atoms with Crippen molar-refractivity contribution >= 4 is 40.0 Å². The van der Waals surface area contributed by atoms with Crippen molar-refractivity contribution in [3.63, 3.8) is 0 Å². The fourth-order valence-electron chi connectivity index (χ4n) is 3.52. The zero-order chi connectivity index (χ0) is 19.1. The molecule has 2 saturated heterocycles. The lowest BCUT2D eigenvalue weighted by Crippen LogP contribution is -2.54. The first-order valence-corrected chi connectivity index (χ1v) is 11.1. The summed E-state index contributed by atoms with van der Waals surface area (Å²) in [5.41, 5.74) is 0.433. The second-order valence-electron chi connectivity index (χ2n) is 6.95. The van der Waals surface area contributed by atoms with Crippen LogP contribution < -0.4 is 5.32 Å². The number of aromatic nitrogens is 1. The van der Waals surface area contributed by atoms with Gasteiger partial charge in [0.25, 0.3) is 0 Å². The number of hydrogen-bond donors (Lipinski definition) is 1. The lowest BCUT2D eigenvalue weighted by atomic mass is 9.97. The van der Waals surface area contributed by atoms with E-state index in [0.717, 1.165) is 45.0 Å². The molecule has 1 aromatic heterocycles. The van der Waals surface area contributed by atoms with Gasteiger partial charge in [0.05, 0.1) is 5.69 Å². The number of sulfonamides is 1. The summed E-state index contributed by atoms with van der Waals surface area (Å²) in [6, 6.07) is 1.58. The Morgan fingerprint density at radius 3 is 2.61 bits per heavy atom. The smallest absolute Gasteiger partial charge is 0.220 e. The zero-order valence-corrected chi connectivity index (χ0v) is 19.4. The molecule has 0 spiro atoms. The Hall–Kier alpha value is -0.920. The summed E-state index contributed by atoms with van der Waals surface area (Å²) in [5.74, 6) is 1.43. The topological polar surface area (TPSA) is 100 Å². The molecule has 0 amide bonds. The maximum Gasteiger partial charge on any atom is 0.220 e. The number of nitrogens with one attached hydrogen (secondary N) is 1. The van der Waals surface area contributed by atoms with Crippen molar-refractivity contribution in [3.05, 3.63) is 18.0 Å². The molecule has 0 aliphatic carbocycles. The Balaban J connectivity index is 0.00000280. The minimum absolute atomic E-state index is 0. The Morgan fingerprint density at radius 2 is 2.00 bits per heavy atom. The average Bonchev–Trinajstić information content (AvgIpc) is 3.18. The number of nitrogens with zero attached hydrogens (tertiary/aromatic N) is 4. The van der Waals surface area contributed by atoms with Gasteiger partial charge in [-0.05, 0) is 25.2 Å². The highest BCUT2D eigenvalue weighted by Crippen LogP contribution is 2.17. The van der Waals surface area contributed by atoms with Crippen LogP contribution in [0.4, 0.5) is 0 Å². The number of hydrogen-bond acceptors (Lipinski definition) is 6. The lowest BCUT2D eigenvalue weighted by molar-refractivity contribution is 0.0642. The number of rotatable bonds is 6. The first-order valence-electron chi connectivity index (χ1n) is 9.49. The third-order valence-electron chi connectivity index (χ3n) is 5.14. The molecule has 0 atom stereocenters. The maximum absolute atomic E-state index is 12.5. The highest BCUT2D eigenvalue weighted by atomic mass is 127. The van der Waals surface area contributed by atoms with Crippen LogP contribution in [-0.2, 0) is 20.5 Å². The van der Waals surface area contributed by atoms with Gasteiger partial charge < -0.3 is 19.5 Å². The van der Waals surface area contributed by atoms with E-state index in [4.69, 9.17) is 9.26 Å². The van der Waals surface area contributed by atoms with Gasteiger partial charge in [0.15, 0.2) is 5.96 Å². The average molecular weight is 527 g/mol. The van der Waals surface area contributed by atoms with Crippen LogP contribution in [-0.4, -0.2) is 81.7 Å². The SMILES string of the molecule is CN=C(NCCC1CCOCC1)N1CCN(S(=O)(=O)Cc2ccon2)CC1.I. The fraction of sp³-hybridized carbons (Fsp3) is 0.765. The van der Waals surface area contributed by atoms with E-state index in [0.29, 0.717) is 37.8 Å². The predicted octanol–water partition coefficient (Wildman–Crippen LogP) is 1.13. The van der Waals surface area contributed by atoms with E-state index in [-0.39, 0.29) is 29.7 Å². The van der Waals surface area contributed by atoms with Crippen molar-refractivity contribution in [2.24, 2.45) is 10.9 Å². The first kappa shape index (κ1) is 23.4. The van der Waals surface area contributed by atoms with Crippen molar-refractivity contribution < 1.29 is 17.7 Å². The van der Waals surface area contributed by atoms with Gasteiger partial charge in [-0.2, -0.15) is 4.31 Å². The third-order valence-corrected chi connectivity index (χ3v) is 6.95. The normalized spacial score (nSPS) is 20.0. The Labute approximate surface area is 183 Å². The summed E-state index contributed by atoms with van der Waals surface area (Å²) in [4.78, 5) is 6.48. The van der Waals surface area contributed by atoms with Crippen LogP contribution in [0.25, 0.3) is 0 Å². The van der Waals surface area contributed by atoms with Gasteiger partial charge in [0.2, 0.25) is 10.0 Å². The van der Waals surface area contributed by atoms with Crippen molar-refractivity contribution in [2.45, 2.75) is 25.0 Å². The van der Waals surface area contributed by atoms with Crippen LogP contribution in [0.3, 0.4) is 0 Å². The van der Waals surface area contributed by atoms with Gasteiger partial charge in [0, 0.05) is 59.1 Å². The van der Waals surface area contributed by atoms with Gasteiger partial charge in [0.1, 0.15) is 12.0 Å². The molecule has 0 aromatic carbocycles. The van der Waals surface area contributed by atoms with Gasteiger partial charge in [-0.1, -0.05) is 5.16 Å². The second-order valence-corrected chi connectivity index (χ2v) is 8.92. The van der Waals surface area contributed by atoms with Crippen molar-refractivity contribution in [1.29, 1.82) is 0 Å². The summed E-state index contributed by atoms with van der Waals surface area (Å²) in [5, 5.41) is 7.12. The fourth-order valence-corrected chi connectivity index (χ4v) is 4.95. The molecule has 2 aliphatic heterocycles. The first-order chi connectivity index (χ1) is 13.1. The van der Waals surface area contributed by atoms with Gasteiger partial charge in [-0.25, -0.2) is 8.42 Å². The molecular formula is C17H30IN5O4S. The van der Waals surface area contributed by atoms with Gasteiger partial charge in [-0.15, -0.1) is 24.0 Å². The highest BCUT2D eigenvalue weighted by molar-refractivity contribution is 14.0. The van der Waals surface area contributed by atoms with Crippen molar-refractivity contribution in [1.82, 2.24) is 19.7 Å². The molecule has 0 saturated carbocycles. The molecule has 0 unspecified atom stereocenters. The molecule has 2 aliphatic rings. The minimum Gasteiger partial charge on any atom is -0.381 e. The van der Waals surface area contributed by atoms with Crippen LogP contribution in [0, 0.1) is 5.92 Å². The molecule has 11 heteroatoms. The van der Waals surface area contributed by atoms with E-state index in [1.807, 2.05) is 0 Å². The quantitative estimate of drug-likeness (QED) is 0.337. The number of guanidine groups is 1. The summed E-state index contributed by atoms with van der Waals surface area (Å²) in [6.45, 7) is 4.74. The van der Waals surface area contributed by atoms with Crippen LogP contribution in [0.1, 0.15) is 25.0 Å². The third kappa shape index (κ3) is 6.56. The molecule has 0 radical (unpaired) electrons.